The molecule has 0 amide bonds. The first-order chi connectivity index (χ1) is 19.3. The van der Waals surface area contributed by atoms with Gasteiger partial charge in [0, 0.05) is 33.9 Å². The molecule has 0 unspecified atom stereocenters. The van der Waals surface area contributed by atoms with Crippen LogP contribution in [0, 0.1) is 0 Å². The monoisotopic (exact) mass is 503 g/mol. The Morgan fingerprint density at radius 3 is 1.26 bits per heavy atom. The lowest BCUT2D eigenvalue weighted by molar-refractivity contribution is 0.615. The Balaban J connectivity index is 1.31. The Hall–Kier alpha value is -5.49. The Labute approximate surface area is 224 Å². The lowest BCUT2D eigenvalue weighted by Gasteiger charge is -2.09. The van der Waals surface area contributed by atoms with E-state index < -0.39 is 0 Å². The maximum absolute atomic E-state index is 5.72. The molecule has 0 saturated heterocycles. The van der Waals surface area contributed by atoms with E-state index in [4.69, 9.17) is 29.3 Å². The zero-order chi connectivity index (χ0) is 26.0. The van der Waals surface area contributed by atoms with Gasteiger partial charge >= 0.3 is 0 Å². The third kappa shape index (κ3) is 4.45. The van der Waals surface area contributed by atoms with Crippen LogP contribution in [0.25, 0.3) is 67.9 Å². The van der Waals surface area contributed by atoms with Gasteiger partial charge in [-0.25, -0.2) is 24.9 Å². The van der Waals surface area contributed by atoms with Crippen LogP contribution in [0.2, 0.25) is 0 Å². The van der Waals surface area contributed by atoms with Crippen LogP contribution in [0.5, 0.6) is 0 Å². The molecule has 4 aromatic carbocycles. The molecular weight excluding hydrogens is 482 g/mol. The van der Waals surface area contributed by atoms with E-state index in [2.05, 4.69) is 0 Å². The fraction of sp³-hybridized carbons (Fsp3) is 0. The maximum atomic E-state index is 5.72. The minimum Gasteiger partial charge on any atom is -0.460 e. The molecule has 0 aliphatic heterocycles. The third-order valence-electron chi connectivity index (χ3n) is 6.45. The number of aromatic nitrogens is 5. The predicted molar refractivity (Wildman–Crippen MR) is 152 cm³/mol. The first-order valence-electron chi connectivity index (χ1n) is 12.6. The predicted octanol–water partition coefficient (Wildman–Crippen LogP) is 7.74. The number of nitrogens with zero attached hydrogens (tertiary/aromatic N) is 5. The first-order valence-corrected chi connectivity index (χ1v) is 12.6. The van der Waals surface area contributed by atoms with E-state index in [1.807, 2.05) is 121 Å². The molecule has 6 heteroatoms. The molecule has 0 aliphatic carbocycles. The van der Waals surface area contributed by atoms with Crippen molar-refractivity contribution < 1.29 is 4.42 Å². The van der Waals surface area contributed by atoms with Crippen molar-refractivity contribution in [1.29, 1.82) is 0 Å². The van der Waals surface area contributed by atoms with Crippen molar-refractivity contribution in [3.63, 3.8) is 0 Å². The summed E-state index contributed by atoms with van der Waals surface area (Å²) in [7, 11) is 0. The number of rotatable bonds is 5. The Bertz CT molecular complexity index is 1830. The summed E-state index contributed by atoms with van der Waals surface area (Å²) < 4.78 is 5.72. The topological polar surface area (TPSA) is 77.6 Å². The van der Waals surface area contributed by atoms with Crippen LogP contribution < -0.4 is 0 Å². The fourth-order valence-electron chi connectivity index (χ4n) is 4.49. The van der Waals surface area contributed by atoms with Crippen LogP contribution in [0.4, 0.5) is 0 Å². The summed E-state index contributed by atoms with van der Waals surface area (Å²) in [5, 5.41) is 0. The number of hydrogen-bond acceptors (Lipinski definition) is 6. The van der Waals surface area contributed by atoms with Gasteiger partial charge in [0.15, 0.2) is 28.9 Å². The lowest BCUT2D eigenvalue weighted by Crippen LogP contribution is -2.00. The number of fused-ring (bicyclic) bond motifs is 1. The fourth-order valence-corrected chi connectivity index (χ4v) is 4.49. The molecule has 0 radical (unpaired) electrons. The Kier molecular flexibility index (Phi) is 5.68. The van der Waals surface area contributed by atoms with Crippen LogP contribution in [0.3, 0.4) is 0 Å². The van der Waals surface area contributed by atoms with Crippen LogP contribution in [-0.4, -0.2) is 24.9 Å². The SMILES string of the molecule is c1ccc(-c2nc(-c3ccccc3)nc(-c3ccc(-c4nc(-c5ccccc5)c5occc5n4)cc3)n2)cc1. The molecular formula is C33H21N5O. The summed E-state index contributed by atoms with van der Waals surface area (Å²) in [6, 6.07) is 39.8. The number of furan rings is 1. The third-order valence-corrected chi connectivity index (χ3v) is 6.45. The standard InChI is InChI=1S/C33H21N5O/c1-4-10-22(11-5-1)28-29-27(20-21-39-29)34-30(35-28)25-16-18-26(19-17-25)33-37-31(23-12-6-2-7-13-23)36-32(38-33)24-14-8-3-9-15-24/h1-21H. The Morgan fingerprint density at radius 1 is 0.359 bits per heavy atom. The zero-order valence-corrected chi connectivity index (χ0v) is 20.8. The molecule has 39 heavy (non-hydrogen) atoms. The maximum Gasteiger partial charge on any atom is 0.178 e. The van der Waals surface area contributed by atoms with Crippen LogP contribution in [-0.2, 0) is 0 Å². The molecule has 0 fully saturated rings. The summed E-state index contributed by atoms with van der Waals surface area (Å²) in [5.74, 6) is 2.49. The molecule has 0 aliphatic rings. The highest BCUT2D eigenvalue weighted by atomic mass is 16.3. The molecule has 0 saturated carbocycles. The van der Waals surface area contributed by atoms with E-state index in [0.29, 0.717) is 28.9 Å². The van der Waals surface area contributed by atoms with Gasteiger partial charge in [-0.1, -0.05) is 115 Å². The van der Waals surface area contributed by atoms with Crippen molar-refractivity contribution in [2.45, 2.75) is 0 Å². The lowest BCUT2D eigenvalue weighted by atomic mass is 10.1. The molecule has 184 valence electrons. The van der Waals surface area contributed by atoms with Crippen LogP contribution in [0.1, 0.15) is 0 Å². The normalized spacial score (nSPS) is 11.1. The molecule has 3 heterocycles. The highest BCUT2D eigenvalue weighted by Gasteiger charge is 2.15. The van der Waals surface area contributed by atoms with E-state index in [-0.39, 0.29) is 0 Å². The van der Waals surface area contributed by atoms with Crippen molar-refractivity contribution in [3.05, 3.63) is 128 Å². The van der Waals surface area contributed by atoms with E-state index in [0.717, 1.165) is 39.0 Å². The second-order valence-electron chi connectivity index (χ2n) is 9.01. The second kappa shape index (κ2) is 9.76. The Morgan fingerprint density at radius 2 is 0.769 bits per heavy atom. The van der Waals surface area contributed by atoms with Crippen molar-refractivity contribution in [3.8, 4) is 56.8 Å². The molecule has 3 aromatic heterocycles. The van der Waals surface area contributed by atoms with E-state index in [1.54, 1.807) is 6.26 Å². The van der Waals surface area contributed by atoms with E-state index in [1.165, 1.54) is 0 Å². The minimum absolute atomic E-state index is 0.602. The average molecular weight is 504 g/mol. The van der Waals surface area contributed by atoms with Gasteiger partial charge in [-0.3, -0.25) is 0 Å². The van der Waals surface area contributed by atoms with Gasteiger partial charge < -0.3 is 4.42 Å². The minimum atomic E-state index is 0.602. The summed E-state index contributed by atoms with van der Waals surface area (Å²) in [6.45, 7) is 0. The smallest absolute Gasteiger partial charge is 0.178 e. The highest BCUT2D eigenvalue weighted by Crippen LogP contribution is 2.31. The van der Waals surface area contributed by atoms with Gasteiger partial charge in [0.25, 0.3) is 0 Å². The largest absolute Gasteiger partial charge is 0.460 e. The summed E-state index contributed by atoms with van der Waals surface area (Å²) in [6.07, 6.45) is 1.65. The molecule has 0 bridgehead atoms. The molecule has 6 nitrogen and oxygen atoms in total. The molecule has 0 N–H and O–H groups in total. The molecule has 7 aromatic rings. The number of hydrogen-bond donors (Lipinski definition) is 0. The van der Waals surface area contributed by atoms with Crippen LogP contribution in [0.15, 0.2) is 132 Å². The zero-order valence-electron chi connectivity index (χ0n) is 20.8. The summed E-state index contributed by atoms with van der Waals surface area (Å²) in [4.78, 5) is 24.1. The van der Waals surface area contributed by atoms with Crippen molar-refractivity contribution in [1.82, 2.24) is 24.9 Å². The second-order valence-corrected chi connectivity index (χ2v) is 9.01. The van der Waals surface area contributed by atoms with Gasteiger partial charge in [-0.2, -0.15) is 0 Å². The molecule has 0 atom stereocenters. The first kappa shape index (κ1) is 22.7. The summed E-state index contributed by atoms with van der Waals surface area (Å²) in [5.41, 5.74) is 6.82. The molecule has 7 rings (SSSR count). The van der Waals surface area contributed by atoms with E-state index >= 15 is 0 Å². The van der Waals surface area contributed by atoms with Crippen LogP contribution >= 0.6 is 0 Å². The van der Waals surface area contributed by atoms with Crippen molar-refractivity contribution >= 4 is 11.1 Å². The van der Waals surface area contributed by atoms with Gasteiger partial charge in [-0.15, -0.1) is 0 Å². The highest BCUT2D eigenvalue weighted by molar-refractivity contribution is 5.89. The number of benzene rings is 4. The van der Waals surface area contributed by atoms with Gasteiger partial charge in [-0.05, 0) is 0 Å². The van der Waals surface area contributed by atoms with Gasteiger partial charge in [0.1, 0.15) is 11.2 Å². The van der Waals surface area contributed by atoms with Gasteiger partial charge in [0.2, 0.25) is 0 Å². The van der Waals surface area contributed by atoms with Crippen molar-refractivity contribution in [2.75, 3.05) is 0 Å². The summed E-state index contributed by atoms with van der Waals surface area (Å²) >= 11 is 0. The van der Waals surface area contributed by atoms with Crippen molar-refractivity contribution in [2.24, 2.45) is 0 Å². The molecule has 0 spiro atoms. The van der Waals surface area contributed by atoms with E-state index in [9.17, 15) is 0 Å². The van der Waals surface area contributed by atoms with Gasteiger partial charge in [0.05, 0.1) is 6.26 Å². The average Bonchev–Trinajstić information content (AvgIpc) is 3.51. The quantitative estimate of drug-likeness (QED) is 0.239.